The van der Waals surface area contributed by atoms with Crippen LogP contribution < -0.4 is 9.62 Å². The molecule has 2 aromatic rings. The lowest BCUT2D eigenvalue weighted by atomic mass is 10.2. The SMILES string of the molecule is Cc1ncc(S(=O)(=O)Nc2cccc(N3CCCC3)c2)[nH]1. The van der Waals surface area contributed by atoms with Crippen LogP contribution in [-0.4, -0.2) is 31.5 Å². The summed E-state index contributed by atoms with van der Waals surface area (Å²) in [6, 6.07) is 7.49. The minimum absolute atomic E-state index is 0.0755. The Labute approximate surface area is 124 Å². The smallest absolute Gasteiger partial charge is 0.278 e. The Hall–Kier alpha value is -2.02. The van der Waals surface area contributed by atoms with Crippen molar-refractivity contribution in [2.45, 2.75) is 24.8 Å². The van der Waals surface area contributed by atoms with E-state index < -0.39 is 10.0 Å². The van der Waals surface area contributed by atoms with Gasteiger partial charge in [-0.2, -0.15) is 8.42 Å². The monoisotopic (exact) mass is 306 g/mol. The lowest BCUT2D eigenvalue weighted by Gasteiger charge is -2.18. The number of benzene rings is 1. The van der Waals surface area contributed by atoms with Crippen LogP contribution in [0.5, 0.6) is 0 Å². The molecule has 112 valence electrons. The number of aryl methyl sites for hydroxylation is 1. The molecule has 1 aliphatic heterocycles. The highest BCUT2D eigenvalue weighted by molar-refractivity contribution is 7.92. The second-order valence-corrected chi connectivity index (χ2v) is 6.83. The summed E-state index contributed by atoms with van der Waals surface area (Å²) in [4.78, 5) is 8.92. The third-order valence-electron chi connectivity index (χ3n) is 3.54. The summed E-state index contributed by atoms with van der Waals surface area (Å²) < 4.78 is 27.1. The summed E-state index contributed by atoms with van der Waals surface area (Å²) in [5.74, 6) is 0.571. The van der Waals surface area contributed by atoms with E-state index in [0.717, 1.165) is 18.8 Å². The Balaban J connectivity index is 1.83. The summed E-state index contributed by atoms with van der Waals surface area (Å²) >= 11 is 0. The van der Waals surface area contributed by atoms with Gasteiger partial charge in [0.25, 0.3) is 10.0 Å². The number of aromatic amines is 1. The van der Waals surface area contributed by atoms with Gasteiger partial charge < -0.3 is 9.88 Å². The number of nitrogens with zero attached hydrogens (tertiary/aromatic N) is 2. The first-order valence-corrected chi connectivity index (χ1v) is 8.42. The molecule has 1 aromatic heterocycles. The van der Waals surface area contributed by atoms with Crippen molar-refractivity contribution in [2.24, 2.45) is 0 Å². The van der Waals surface area contributed by atoms with Crippen molar-refractivity contribution in [1.82, 2.24) is 9.97 Å². The molecule has 0 bridgehead atoms. The molecular formula is C14H18N4O2S. The standard InChI is InChI=1S/C14H18N4O2S/c1-11-15-10-14(16-11)21(19,20)17-12-5-4-6-13(9-12)18-7-2-3-8-18/h4-6,9-10,17H,2-3,7-8H2,1H3,(H,15,16). The quantitative estimate of drug-likeness (QED) is 0.907. The van der Waals surface area contributed by atoms with E-state index in [2.05, 4.69) is 19.6 Å². The van der Waals surface area contributed by atoms with E-state index >= 15 is 0 Å². The second kappa shape index (κ2) is 5.40. The molecule has 3 rings (SSSR count). The van der Waals surface area contributed by atoms with Crippen LogP contribution in [0.2, 0.25) is 0 Å². The molecule has 2 heterocycles. The van der Waals surface area contributed by atoms with Crippen LogP contribution in [-0.2, 0) is 10.0 Å². The van der Waals surface area contributed by atoms with Crippen molar-refractivity contribution in [3.05, 3.63) is 36.3 Å². The molecule has 0 spiro atoms. The van der Waals surface area contributed by atoms with Crippen molar-refractivity contribution in [3.8, 4) is 0 Å². The average Bonchev–Trinajstić information content (AvgIpc) is 3.09. The number of hydrogen-bond donors (Lipinski definition) is 2. The van der Waals surface area contributed by atoms with Gasteiger partial charge in [0.05, 0.1) is 11.9 Å². The molecule has 7 heteroatoms. The Bertz CT molecular complexity index is 733. The molecule has 0 aliphatic carbocycles. The lowest BCUT2D eigenvalue weighted by Crippen LogP contribution is -2.18. The van der Waals surface area contributed by atoms with Crippen LogP contribution in [0.25, 0.3) is 0 Å². The molecule has 1 aliphatic rings. The summed E-state index contributed by atoms with van der Waals surface area (Å²) in [6.45, 7) is 3.76. The van der Waals surface area contributed by atoms with E-state index in [-0.39, 0.29) is 5.03 Å². The van der Waals surface area contributed by atoms with Gasteiger partial charge in [0.2, 0.25) is 0 Å². The zero-order valence-corrected chi connectivity index (χ0v) is 12.7. The number of rotatable bonds is 4. The molecule has 0 saturated carbocycles. The number of nitrogens with one attached hydrogen (secondary N) is 2. The number of H-pyrrole nitrogens is 1. The van der Waals surface area contributed by atoms with E-state index in [9.17, 15) is 8.42 Å². The van der Waals surface area contributed by atoms with Crippen LogP contribution in [0.15, 0.2) is 35.5 Å². The highest BCUT2D eigenvalue weighted by Crippen LogP contribution is 2.24. The second-order valence-electron chi connectivity index (χ2n) is 5.18. The minimum atomic E-state index is -3.62. The predicted molar refractivity (Wildman–Crippen MR) is 82.0 cm³/mol. The summed E-state index contributed by atoms with van der Waals surface area (Å²) in [5, 5.41) is 0.0755. The minimum Gasteiger partial charge on any atom is -0.371 e. The summed E-state index contributed by atoms with van der Waals surface area (Å²) in [7, 11) is -3.62. The third-order valence-corrected chi connectivity index (χ3v) is 4.83. The van der Waals surface area contributed by atoms with Crippen molar-refractivity contribution in [3.63, 3.8) is 0 Å². The topological polar surface area (TPSA) is 78.1 Å². The predicted octanol–water partition coefficient (Wildman–Crippen LogP) is 2.12. The Morgan fingerprint density at radius 1 is 1.29 bits per heavy atom. The first-order chi connectivity index (χ1) is 10.0. The number of sulfonamides is 1. The Morgan fingerprint density at radius 3 is 2.71 bits per heavy atom. The molecular weight excluding hydrogens is 288 g/mol. The fourth-order valence-electron chi connectivity index (χ4n) is 2.49. The molecule has 1 fully saturated rings. The van der Waals surface area contributed by atoms with Crippen LogP contribution in [0.1, 0.15) is 18.7 Å². The number of aromatic nitrogens is 2. The molecule has 0 amide bonds. The molecule has 21 heavy (non-hydrogen) atoms. The molecule has 1 aromatic carbocycles. The van der Waals surface area contributed by atoms with Gasteiger partial charge in [-0.1, -0.05) is 6.07 Å². The molecule has 0 radical (unpaired) electrons. The number of anilines is 2. The first kappa shape index (κ1) is 13.9. The van der Waals surface area contributed by atoms with Crippen LogP contribution in [0.4, 0.5) is 11.4 Å². The van der Waals surface area contributed by atoms with E-state index in [1.54, 1.807) is 13.0 Å². The van der Waals surface area contributed by atoms with Crippen LogP contribution in [0.3, 0.4) is 0 Å². The summed E-state index contributed by atoms with van der Waals surface area (Å²) in [5.41, 5.74) is 1.61. The fourth-order valence-corrected chi connectivity index (χ4v) is 3.51. The van der Waals surface area contributed by atoms with Crippen molar-refractivity contribution in [1.29, 1.82) is 0 Å². The van der Waals surface area contributed by atoms with Crippen LogP contribution >= 0.6 is 0 Å². The average molecular weight is 306 g/mol. The highest BCUT2D eigenvalue weighted by atomic mass is 32.2. The molecule has 0 atom stereocenters. The largest absolute Gasteiger partial charge is 0.371 e. The van der Waals surface area contributed by atoms with Gasteiger partial charge in [-0.25, -0.2) is 4.98 Å². The fraction of sp³-hybridized carbons (Fsp3) is 0.357. The molecule has 2 N–H and O–H groups in total. The molecule has 1 saturated heterocycles. The van der Waals surface area contributed by atoms with Gasteiger partial charge in [0.1, 0.15) is 5.82 Å². The van der Waals surface area contributed by atoms with Crippen molar-refractivity contribution in [2.75, 3.05) is 22.7 Å². The lowest BCUT2D eigenvalue weighted by molar-refractivity contribution is 0.598. The highest BCUT2D eigenvalue weighted by Gasteiger charge is 2.18. The molecule has 0 unspecified atom stereocenters. The first-order valence-electron chi connectivity index (χ1n) is 6.94. The third kappa shape index (κ3) is 3.02. The maximum absolute atomic E-state index is 12.3. The van der Waals surface area contributed by atoms with Crippen LogP contribution in [0, 0.1) is 6.92 Å². The number of hydrogen-bond acceptors (Lipinski definition) is 4. The molecule has 6 nitrogen and oxygen atoms in total. The Kier molecular flexibility index (Phi) is 3.59. The zero-order valence-electron chi connectivity index (χ0n) is 11.8. The maximum Gasteiger partial charge on any atom is 0.278 e. The van der Waals surface area contributed by atoms with Crippen molar-refractivity contribution >= 4 is 21.4 Å². The Morgan fingerprint density at radius 2 is 2.05 bits per heavy atom. The van der Waals surface area contributed by atoms with E-state index in [1.165, 1.54) is 19.0 Å². The van der Waals surface area contributed by atoms with Crippen molar-refractivity contribution < 1.29 is 8.42 Å². The normalized spacial score (nSPS) is 15.4. The summed E-state index contributed by atoms with van der Waals surface area (Å²) in [6.07, 6.45) is 3.69. The van der Waals surface area contributed by atoms with Gasteiger partial charge in [-0.3, -0.25) is 4.72 Å². The van der Waals surface area contributed by atoms with Gasteiger partial charge in [-0.15, -0.1) is 0 Å². The zero-order chi connectivity index (χ0) is 14.9. The maximum atomic E-state index is 12.3. The van der Waals surface area contributed by atoms with Gasteiger partial charge >= 0.3 is 0 Å². The van der Waals surface area contributed by atoms with Gasteiger partial charge in [0.15, 0.2) is 5.03 Å². The number of imidazole rings is 1. The van der Waals surface area contributed by atoms with Gasteiger partial charge in [0, 0.05) is 18.8 Å². The van der Waals surface area contributed by atoms with E-state index in [4.69, 9.17) is 0 Å². The van der Waals surface area contributed by atoms with E-state index in [0.29, 0.717) is 11.5 Å². The van der Waals surface area contributed by atoms with Gasteiger partial charge in [-0.05, 0) is 38.0 Å². The van der Waals surface area contributed by atoms with E-state index in [1.807, 2.05) is 18.2 Å².